The van der Waals surface area contributed by atoms with Gasteiger partial charge in [-0.15, -0.1) is 0 Å². The van der Waals surface area contributed by atoms with Crippen molar-refractivity contribution < 1.29 is 23.2 Å². The molecule has 0 aliphatic heterocycles. The molecule has 0 aliphatic rings. The van der Waals surface area contributed by atoms with Crippen molar-refractivity contribution in [2.75, 3.05) is 27.2 Å². The number of esters is 1. The first-order valence-electron chi connectivity index (χ1n) is 9.90. The van der Waals surface area contributed by atoms with Crippen molar-refractivity contribution in [3.8, 4) is 17.2 Å². The zero-order chi connectivity index (χ0) is 22.8. The van der Waals surface area contributed by atoms with Crippen molar-refractivity contribution >= 4 is 33.9 Å². The molecular formula is C23H21N3O6. The number of ether oxygens (including phenoxy) is 1. The molecule has 2 heterocycles. The summed E-state index contributed by atoms with van der Waals surface area (Å²) in [5.41, 5.74) is 1.09. The maximum atomic E-state index is 12.5. The lowest BCUT2D eigenvalue weighted by atomic mass is 10.2. The molecule has 0 unspecified atom stereocenters. The van der Waals surface area contributed by atoms with E-state index in [0.717, 1.165) is 6.54 Å². The van der Waals surface area contributed by atoms with Gasteiger partial charge in [0.15, 0.2) is 5.58 Å². The van der Waals surface area contributed by atoms with E-state index in [2.05, 4.69) is 10.3 Å². The van der Waals surface area contributed by atoms with Gasteiger partial charge in [0.05, 0.1) is 0 Å². The van der Waals surface area contributed by atoms with Crippen LogP contribution in [-0.4, -0.2) is 48.9 Å². The van der Waals surface area contributed by atoms with Gasteiger partial charge in [0.25, 0.3) is 5.91 Å². The molecule has 2 aromatic carbocycles. The topological polar surface area (TPSA) is 115 Å². The van der Waals surface area contributed by atoms with Crippen LogP contribution in [0.15, 0.2) is 56.1 Å². The van der Waals surface area contributed by atoms with Crippen LogP contribution in [0.25, 0.3) is 33.5 Å². The second-order valence-corrected chi connectivity index (χ2v) is 7.50. The van der Waals surface area contributed by atoms with Crippen LogP contribution < -0.4 is 15.7 Å². The Morgan fingerprint density at radius 3 is 2.62 bits per heavy atom. The van der Waals surface area contributed by atoms with Gasteiger partial charge in [-0.25, -0.2) is 9.78 Å². The first-order valence-corrected chi connectivity index (χ1v) is 9.90. The summed E-state index contributed by atoms with van der Waals surface area (Å²) in [7, 11) is 3.85. The van der Waals surface area contributed by atoms with Crippen molar-refractivity contribution in [3.63, 3.8) is 0 Å². The fourth-order valence-corrected chi connectivity index (χ4v) is 3.15. The van der Waals surface area contributed by atoms with E-state index in [-0.39, 0.29) is 28.7 Å². The second kappa shape index (κ2) is 8.64. The monoisotopic (exact) mass is 435 g/mol. The number of hydrogen-bond donors (Lipinski definition) is 1. The third kappa shape index (κ3) is 4.52. The van der Waals surface area contributed by atoms with E-state index in [0.29, 0.717) is 28.6 Å². The van der Waals surface area contributed by atoms with Crippen LogP contribution in [0.4, 0.5) is 0 Å². The minimum Gasteiger partial charge on any atom is -0.436 e. The van der Waals surface area contributed by atoms with Crippen LogP contribution in [0.3, 0.4) is 0 Å². The Bertz CT molecular complexity index is 1390. The fourth-order valence-electron chi connectivity index (χ4n) is 3.15. The Kier molecular flexibility index (Phi) is 5.74. The van der Waals surface area contributed by atoms with Gasteiger partial charge in [-0.2, -0.15) is 0 Å². The zero-order valence-electron chi connectivity index (χ0n) is 17.8. The summed E-state index contributed by atoms with van der Waals surface area (Å²) in [4.78, 5) is 42.4. The third-order valence-electron chi connectivity index (χ3n) is 4.69. The summed E-state index contributed by atoms with van der Waals surface area (Å²) in [5, 5.41) is 3.45. The summed E-state index contributed by atoms with van der Waals surface area (Å²) < 4.78 is 16.2. The summed E-state index contributed by atoms with van der Waals surface area (Å²) in [5.74, 6) is -0.329. The molecule has 4 rings (SSSR count). The molecule has 0 bridgehead atoms. The Hall–Kier alpha value is -3.98. The quantitative estimate of drug-likeness (QED) is 0.279. The highest BCUT2D eigenvalue weighted by Crippen LogP contribution is 2.27. The summed E-state index contributed by atoms with van der Waals surface area (Å²) in [6.45, 7) is 2.53. The molecule has 164 valence electrons. The normalized spacial score (nSPS) is 11.2. The number of rotatable bonds is 6. The van der Waals surface area contributed by atoms with Crippen molar-refractivity contribution in [2.24, 2.45) is 0 Å². The maximum Gasteiger partial charge on any atom is 0.349 e. The van der Waals surface area contributed by atoms with Crippen molar-refractivity contribution in [3.05, 3.63) is 58.4 Å². The summed E-state index contributed by atoms with van der Waals surface area (Å²) >= 11 is 0. The molecule has 2 aromatic heterocycles. The first-order chi connectivity index (χ1) is 15.3. The maximum absolute atomic E-state index is 12.5. The highest BCUT2D eigenvalue weighted by molar-refractivity contribution is 5.97. The number of likely N-dealkylation sites (N-methyl/N-ethyl adjacent to an activating group) is 1. The minimum absolute atomic E-state index is 0.0879. The van der Waals surface area contributed by atoms with E-state index < -0.39 is 11.6 Å². The van der Waals surface area contributed by atoms with Crippen LogP contribution in [0.5, 0.6) is 5.75 Å². The highest BCUT2D eigenvalue weighted by atomic mass is 16.5. The Labute approximate surface area is 182 Å². The van der Waals surface area contributed by atoms with Gasteiger partial charge in [-0.3, -0.25) is 9.59 Å². The standard InChI is InChI=1S/C23H21N3O6/c1-13(27)30-16-6-4-14-10-17(23(29)32-19(14)12-16)22-25-18-7-5-15(11-20(18)31-22)21(28)24-8-9-26(2)3/h4-7,10-12H,8-9H2,1-3H3,(H,24,28). The minimum atomic E-state index is -0.648. The molecule has 4 aromatic rings. The molecule has 0 spiro atoms. The number of aromatic nitrogens is 1. The van der Waals surface area contributed by atoms with Gasteiger partial charge in [0.1, 0.15) is 22.4 Å². The van der Waals surface area contributed by atoms with E-state index in [9.17, 15) is 14.4 Å². The average molecular weight is 435 g/mol. The lowest BCUT2D eigenvalue weighted by molar-refractivity contribution is -0.131. The van der Waals surface area contributed by atoms with Gasteiger partial charge in [0.2, 0.25) is 5.89 Å². The van der Waals surface area contributed by atoms with Crippen molar-refractivity contribution in [1.29, 1.82) is 0 Å². The predicted molar refractivity (Wildman–Crippen MR) is 118 cm³/mol. The van der Waals surface area contributed by atoms with E-state index in [4.69, 9.17) is 13.6 Å². The van der Waals surface area contributed by atoms with Crippen LogP contribution in [0.1, 0.15) is 17.3 Å². The molecule has 9 nitrogen and oxygen atoms in total. The molecule has 1 N–H and O–H groups in total. The SMILES string of the molecule is CC(=O)Oc1ccc2cc(-c3nc4ccc(C(=O)NCCN(C)C)cc4o3)c(=O)oc2c1. The number of hydrogen-bond acceptors (Lipinski definition) is 8. The van der Waals surface area contributed by atoms with E-state index in [1.807, 2.05) is 19.0 Å². The molecular weight excluding hydrogens is 414 g/mol. The van der Waals surface area contributed by atoms with Gasteiger partial charge in [-0.05, 0) is 50.5 Å². The number of oxazole rings is 1. The number of benzene rings is 2. The molecule has 0 saturated heterocycles. The summed E-state index contributed by atoms with van der Waals surface area (Å²) in [6.07, 6.45) is 0. The predicted octanol–water partition coefficient (Wildman–Crippen LogP) is 2.82. The van der Waals surface area contributed by atoms with E-state index in [1.54, 1.807) is 36.4 Å². The molecule has 9 heteroatoms. The fraction of sp³-hybridized carbons (Fsp3) is 0.217. The first kappa shape index (κ1) is 21.3. The number of carbonyl (C=O) groups excluding carboxylic acids is 2. The number of amides is 1. The van der Waals surface area contributed by atoms with Gasteiger partial charge in [-0.1, -0.05) is 0 Å². The molecule has 32 heavy (non-hydrogen) atoms. The molecule has 0 atom stereocenters. The van der Waals surface area contributed by atoms with E-state index >= 15 is 0 Å². The second-order valence-electron chi connectivity index (χ2n) is 7.50. The number of nitrogens with one attached hydrogen (secondary N) is 1. The van der Waals surface area contributed by atoms with Gasteiger partial charge < -0.3 is 23.8 Å². The van der Waals surface area contributed by atoms with Gasteiger partial charge >= 0.3 is 11.6 Å². The number of carbonyl (C=O) groups is 2. The number of nitrogens with zero attached hydrogens (tertiary/aromatic N) is 2. The number of fused-ring (bicyclic) bond motifs is 2. The smallest absolute Gasteiger partial charge is 0.349 e. The Morgan fingerprint density at radius 1 is 1.06 bits per heavy atom. The van der Waals surface area contributed by atoms with Gasteiger partial charge in [0, 0.05) is 37.0 Å². The zero-order valence-corrected chi connectivity index (χ0v) is 17.8. The van der Waals surface area contributed by atoms with Crippen molar-refractivity contribution in [2.45, 2.75) is 6.92 Å². The van der Waals surface area contributed by atoms with Crippen LogP contribution in [0, 0.1) is 0 Å². The Balaban J connectivity index is 1.64. The van der Waals surface area contributed by atoms with E-state index in [1.165, 1.54) is 13.0 Å². The van der Waals surface area contributed by atoms with Crippen LogP contribution in [-0.2, 0) is 4.79 Å². The molecule has 0 aliphatic carbocycles. The third-order valence-corrected chi connectivity index (χ3v) is 4.69. The molecule has 0 radical (unpaired) electrons. The molecule has 0 saturated carbocycles. The summed E-state index contributed by atoms with van der Waals surface area (Å²) in [6, 6.07) is 11.2. The van der Waals surface area contributed by atoms with Crippen molar-refractivity contribution in [1.82, 2.24) is 15.2 Å². The highest BCUT2D eigenvalue weighted by Gasteiger charge is 2.16. The van der Waals surface area contributed by atoms with Crippen LogP contribution in [0.2, 0.25) is 0 Å². The molecule has 0 fully saturated rings. The lowest BCUT2D eigenvalue weighted by Gasteiger charge is -2.10. The molecule has 1 amide bonds. The largest absolute Gasteiger partial charge is 0.436 e. The average Bonchev–Trinajstić information content (AvgIpc) is 3.15. The lowest BCUT2D eigenvalue weighted by Crippen LogP contribution is -2.31. The Morgan fingerprint density at radius 2 is 1.88 bits per heavy atom. The van der Waals surface area contributed by atoms with Crippen LogP contribution >= 0.6 is 0 Å².